The van der Waals surface area contributed by atoms with Crippen LogP contribution < -0.4 is 26.2 Å². The van der Waals surface area contributed by atoms with Crippen LogP contribution >= 0.6 is 0 Å². The number of aromatic nitrogens is 8. The number of nitrogen functional groups attached to an aromatic ring is 1. The Kier molecular flexibility index (Phi) is 11.6. The molecule has 2 aliphatic heterocycles. The van der Waals surface area contributed by atoms with E-state index >= 15 is 0 Å². The summed E-state index contributed by atoms with van der Waals surface area (Å²) in [4.78, 5) is 8.48. The van der Waals surface area contributed by atoms with Gasteiger partial charge in [0.2, 0.25) is 0 Å². The summed E-state index contributed by atoms with van der Waals surface area (Å²) >= 11 is 0. The van der Waals surface area contributed by atoms with Gasteiger partial charge in [-0.05, 0) is 130 Å². The molecular weight excluding hydrogens is 767 g/mol. The van der Waals surface area contributed by atoms with Crippen LogP contribution in [0.25, 0.3) is 33.9 Å². The minimum Gasteiger partial charge on any atom is -0.507 e. The van der Waals surface area contributed by atoms with E-state index in [1.165, 1.54) is 0 Å². The summed E-state index contributed by atoms with van der Waals surface area (Å²) in [5.41, 5.74) is 10.6. The van der Waals surface area contributed by atoms with Crippen molar-refractivity contribution in [3.8, 4) is 45.4 Å². The second-order valence-corrected chi connectivity index (χ2v) is 19.3. The molecule has 2 aromatic carbocycles. The van der Waals surface area contributed by atoms with E-state index in [4.69, 9.17) is 5.73 Å². The molecule has 8 rings (SSSR count). The van der Waals surface area contributed by atoms with Crippen molar-refractivity contribution >= 4 is 17.3 Å². The van der Waals surface area contributed by atoms with Crippen LogP contribution in [0, 0.1) is 0 Å². The summed E-state index contributed by atoms with van der Waals surface area (Å²) < 4.78 is 3.46. The summed E-state index contributed by atoms with van der Waals surface area (Å²) in [6.07, 6.45) is 12.6. The Hall–Kier alpha value is -6.06. The Morgan fingerprint density at radius 2 is 1.10 bits per heavy atom. The van der Waals surface area contributed by atoms with Gasteiger partial charge in [-0.1, -0.05) is 0 Å². The minimum absolute atomic E-state index is 0.0564. The van der Waals surface area contributed by atoms with Gasteiger partial charge in [-0.25, -0.2) is 9.67 Å². The van der Waals surface area contributed by atoms with E-state index in [2.05, 4.69) is 120 Å². The predicted octanol–water partition coefficient (Wildman–Crippen LogP) is 7.14. The van der Waals surface area contributed by atoms with Crippen LogP contribution in [0.1, 0.15) is 81.1 Å². The molecule has 15 nitrogen and oxygen atoms in total. The van der Waals surface area contributed by atoms with E-state index in [9.17, 15) is 10.2 Å². The third-order valence-electron chi connectivity index (χ3n) is 11.6. The zero-order valence-corrected chi connectivity index (χ0v) is 37.1. The van der Waals surface area contributed by atoms with Crippen molar-refractivity contribution in [3.05, 3.63) is 91.8 Å². The van der Waals surface area contributed by atoms with Gasteiger partial charge in [0.25, 0.3) is 0 Å². The normalized spacial score (nSPS) is 18.2. The summed E-state index contributed by atoms with van der Waals surface area (Å²) in [6.45, 7) is 18.0. The highest BCUT2D eigenvalue weighted by atomic mass is 16.3. The number of nitrogens with one attached hydrogen (secondary N) is 2. The van der Waals surface area contributed by atoms with E-state index in [-0.39, 0.29) is 33.7 Å². The Morgan fingerprint density at radius 3 is 1.48 bits per heavy atom. The zero-order valence-electron chi connectivity index (χ0n) is 37.1. The predicted molar refractivity (Wildman–Crippen MR) is 242 cm³/mol. The molecule has 0 aliphatic carbocycles. The lowest BCUT2D eigenvalue weighted by atomic mass is 9.79. The van der Waals surface area contributed by atoms with Crippen LogP contribution in [0.15, 0.2) is 91.8 Å². The lowest BCUT2D eigenvalue weighted by Crippen LogP contribution is -2.62. The van der Waals surface area contributed by atoms with Crippen molar-refractivity contribution in [2.75, 3.05) is 29.6 Å². The number of phenols is 2. The van der Waals surface area contributed by atoms with E-state index in [0.717, 1.165) is 48.7 Å². The van der Waals surface area contributed by atoms with Gasteiger partial charge < -0.3 is 40.9 Å². The Bertz CT molecular complexity index is 2390. The standard InChI is InChI=1S/C23H31N7O.C23H30N6O/c1-22(2)11-17(12-23(3,4)28-22)29(5)21-9-8-19(26-27-21)18-7-6-16(10-20(18)31)30-14-15(24)13-25-30;1-22(2)13-17(14-23(3,4)27-22)28(5)21-9-8-19(25-26-21)18-7-6-16(12-20(18)30)29-11-10-24-15-29/h6-10,13-14,17,28,31H,11-12,24H2,1-5H3;6-12,15,17,27,30H,13-14H2,1-5H3. The van der Waals surface area contributed by atoms with Crippen molar-refractivity contribution in [2.45, 2.75) is 115 Å². The molecule has 0 bridgehead atoms. The quantitative estimate of drug-likeness (QED) is 0.104. The molecular formula is C46H61N13O2. The highest BCUT2D eigenvalue weighted by Gasteiger charge is 2.40. The zero-order chi connectivity index (χ0) is 43.9. The number of benzene rings is 2. The monoisotopic (exact) mass is 828 g/mol. The van der Waals surface area contributed by atoms with Gasteiger partial charge in [0.1, 0.15) is 11.5 Å². The van der Waals surface area contributed by atoms with Gasteiger partial charge >= 0.3 is 0 Å². The summed E-state index contributed by atoms with van der Waals surface area (Å²) in [5.74, 6) is 1.94. The second kappa shape index (κ2) is 16.4. The van der Waals surface area contributed by atoms with Crippen molar-refractivity contribution in [1.29, 1.82) is 0 Å². The minimum atomic E-state index is 0.0564. The van der Waals surface area contributed by atoms with E-state index < -0.39 is 0 Å². The first-order valence-electron chi connectivity index (χ1n) is 20.8. The second-order valence-electron chi connectivity index (χ2n) is 19.3. The summed E-state index contributed by atoms with van der Waals surface area (Å²) in [5, 5.41) is 50.4. The fourth-order valence-corrected chi connectivity index (χ4v) is 9.44. The van der Waals surface area contributed by atoms with Crippen LogP contribution in [-0.4, -0.2) is 98.3 Å². The average molecular weight is 828 g/mol. The lowest BCUT2D eigenvalue weighted by Gasteiger charge is -2.49. The number of imidazole rings is 1. The molecule has 322 valence electrons. The molecule has 6 N–H and O–H groups in total. The van der Waals surface area contributed by atoms with Gasteiger partial charge in [-0.15, -0.1) is 20.4 Å². The molecule has 0 radical (unpaired) electrons. The largest absolute Gasteiger partial charge is 0.507 e. The van der Waals surface area contributed by atoms with Crippen LogP contribution in [0.2, 0.25) is 0 Å². The van der Waals surface area contributed by atoms with E-state index in [0.29, 0.717) is 40.3 Å². The number of hydrogen-bond acceptors (Lipinski definition) is 13. The van der Waals surface area contributed by atoms with Gasteiger partial charge in [0.05, 0.1) is 47.2 Å². The molecule has 0 spiro atoms. The first-order chi connectivity index (χ1) is 28.7. The van der Waals surface area contributed by atoms with Gasteiger partial charge in [-0.3, -0.25) is 0 Å². The molecule has 15 heteroatoms. The number of anilines is 3. The molecule has 61 heavy (non-hydrogen) atoms. The van der Waals surface area contributed by atoms with Crippen molar-refractivity contribution in [3.63, 3.8) is 0 Å². The SMILES string of the molecule is CN(c1ccc(-c2ccc(-n3cc(N)cn3)cc2O)nn1)C1CC(C)(C)NC(C)(C)C1.CN(c1ccc(-c2ccc(-n3ccnc3)cc2O)nn1)C1CC(C)(C)NC(C)(C)C1. The molecule has 4 aromatic heterocycles. The summed E-state index contributed by atoms with van der Waals surface area (Å²) in [6, 6.07) is 19.3. The number of nitrogens with two attached hydrogens (primary N) is 1. The maximum absolute atomic E-state index is 10.6. The van der Waals surface area contributed by atoms with E-state index in [1.54, 1.807) is 41.7 Å². The smallest absolute Gasteiger partial charge is 0.151 e. The highest BCUT2D eigenvalue weighted by Crippen LogP contribution is 2.36. The van der Waals surface area contributed by atoms with Crippen LogP contribution in [0.3, 0.4) is 0 Å². The number of nitrogens with zero attached hydrogens (tertiary/aromatic N) is 10. The number of hydrogen-bond donors (Lipinski definition) is 5. The van der Waals surface area contributed by atoms with E-state index in [1.807, 2.05) is 59.3 Å². The van der Waals surface area contributed by atoms with Crippen molar-refractivity contribution < 1.29 is 10.2 Å². The van der Waals surface area contributed by atoms with Gasteiger partial charge in [0.15, 0.2) is 11.6 Å². The van der Waals surface area contributed by atoms with Crippen LogP contribution in [-0.2, 0) is 0 Å². The topological polar surface area (TPSA) is 184 Å². The maximum atomic E-state index is 10.6. The number of piperidine rings is 2. The molecule has 6 heterocycles. The molecule has 2 saturated heterocycles. The molecule has 0 atom stereocenters. The first kappa shape index (κ1) is 43.0. The molecule has 0 amide bonds. The highest BCUT2D eigenvalue weighted by molar-refractivity contribution is 5.70. The van der Waals surface area contributed by atoms with Crippen LogP contribution in [0.4, 0.5) is 17.3 Å². The van der Waals surface area contributed by atoms with Crippen molar-refractivity contribution in [2.24, 2.45) is 0 Å². The number of rotatable bonds is 8. The Labute approximate surface area is 359 Å². The van der Waals surface area contributed by atoms with Crippen LogP contribution in [0.5, 0.6) is 11.5 Å². The first-order valence-corrected chi connectivity index (χ1v) is 20.8. The maximum Gasteiger partial charge on any atom is 0.151 e. The van der Waals surface area contributed by atoms with Gasteiger partial charge in [-0.2, -0.15) is 5.10 Å². The molecule has 0 unspecified atom stereocenters. The fraction of sp³-hybridized carbons (Fsp3) is 0.435. The molecule has 0 saturated carbocycles. The third kappa shape index (κ3) is 10.1. The Morgan fingerprint density at radius 1 is 0.639 bits per heavy atom. The molecule has 6 aromatic rings. The average Bonchev–Trinajstić information content (AvgIpc) is 3.88. The summed E-state index contributed by atoms with van der Waals surface area (Å²) in [7, 11) is 4.16. The molecule has 2 aliphatic rings. The van der Waals surface area contributed by atoms with Crippen molar-refractivity contribution in [1.82, 2.24) is 50.4 Å². The van der Waals surface area contributed by atoms with Gasteiger partial charge in [0, 0.05) is 84.0 Å². The number of phenolic OH excluding ortho intramolecular Hbond substituents is 2. The fourth-order valence-electron chi connectivity index (χ4n) is 9.44. The third-order valence-corrected chi connectivity index (χ3v) is 11.6. The number of aromatic hydroxyl groups is 2. The lowest BCUT2D eigenvalue weighted by molar-refractivity contribution is 0.160. The molecule has 2 fully saturated rings. The Balaban J connectivity index is 0.000000184.